The number of benzene rings is 2. The van der Waals surface area contributed by atoms with Crippen LogP contribution in [0.1, 0.15) is 28.4 Å². The number of hydrogen-bond acceptors (Lipinski definition) is 3. The highest BCUT2D eigenvalue weighted by Gasteiger charge is 2.22. The summed E-state index contributed by atoms with van der Waals surface area (Å²) in [6.45, 7) is 5.20. The molecule has 1 N–H and O–H groups in total. The lowest BCUT2D eigenvalue weighted by Crippen LogP contribution is -2.30. The molecule has 0 aliphatic rings. The Hall–Kier alpha value is -1.75. The molecular weight excluding hydrogens is 385 g/mol. The zero-order valence-corrected chi connectivity index (χ0v) is 16.1. The highest BCUT2D eigenvalue weighted by Crippen LogP contribution is 2.33. The van der Waals surface area contributed by atoms with Crippen LogP contribution in [0.15, 0.2) is 30.3 Å². The van der Waals surface area contributed by atoms with E-state index in [1.54, 1.807) is 6.07 Å². The molecule has 25 heavy (non-hydrogen) atoms. The van der Waals surface area contributed by atoms with Crippen LogP contribution in [-0.2, 0) is 9.53 Å². The lowest BCUT2D eigenvalue weighted by atomic mass is 10.1. The Kier molecular flexibility index (Phi) is 6.33. The first-order valence-electron chi connectivity index (χ1n) is 7.42. The molecule has 0 saturated carbocycles. The fourth-order valence-electron chi connectivity index (χ4n) is 2.21. The van der Waals surface area contributed by atoms with Gasteiger partial charge in [0.25, 0.3) is 5.91 Å². The number of rotatable bonds is 4. The minimum absolute atomic E-state index is 0.193. The van der Waals surface area contributed by atoms with Gasteiger partial charge in [-0.25, -0.2) is 4.79 Å². The molecule has 0 spiro atoms. The van der Waals surface area contributed by atoms with Gasteiger partial charge in [-0.15, -0.1) is 0 Å². The van der Waals surface area contributed by atoms with Gasteiger partial charge in [0.2, 0.25) is 0 Å². The molecule has 0 aromatic heterocycles. The molecule has 4 nitrogen and oxygen atoms in total. The molecule has 2 rings (SSSR count). The second-order valence-electron chi connectivity index (χ2n) is 5.60. The number of anilines is 1. The summed E-state index contributed by atoms with van der Waals surface area (Å²) in [6, 6.07) is 8.26. The largest absolute Gasteiger partial charge is 0.449 e. The number of ether oxygens (including phenoxy) is 1. The van der Waals surface area contributed by atoms with Gasteiger partial charge in [0.1, 0.15) is 0 Å². The topological polar surface area (TPSA) is 55.4 Å². The molecule has 2 aromatic carbocycles. The number of aryl methyl sites for hydroxylation is 2. The minimum Gasteiger partial charge on any atom is -0.449 e. The molecule has 0 radical (unpaired) electrons. The predicted octanol–water partition coefficient (Wildman–Crippen LogP) is 5.45. The highest BCUT2D eigenvalue weighted by molar-refractivity contribution is 6.42. The van der Waals surface area contributed by atoms with Gasteiger partial charge in [0, 0.05) is 5.02 Å². The fourth-order valence-corrected chi connectivity index (χ4v) is 3.12. The molecule has 7 heteroatoms. The van der Waals surface area contributed by atoms with Crippen LogP contribution in [0, 0.1) is 13.8 Å². The first-order chi connectivity index (χ1) is 11.7. The van der Waals surface area contributed by atoms with E-state index in [0.717, 1.165) is 11.1 Å². The number of carbonyl (C=O) groups excluding carboxylic acids is 2. The summed E-state index contributed by atoms with van der Waals surface area (Å²) in [5.41, 5.74) is 2.44. The average molecular weight is 401 g/mol. The van der Waals surface area contributed by atoms with Gasteiger partial charge in [-0.3, -0.25) is 4.79 Å². The zero-order chi connectivity index (χ0) is 18.7. The molecule has 0 saturated heterocycles. The third-order valence-corrected chi connectivity index (χ3v) is 4.32. The summed E-state index contributed by atoms with van der Waals surface area (Å²) in [5, 5.41) is 3.28. The predicted molar refractivity (Wildman–Crippen MR) is 101 cm³/mol. The monoisotopic (exact) mass is 399 g/mol. The smallest absolute Gasteiger partial charge is 0.339 e. The fraction of sp³-hybridized carbons (Fsp3) is 0.222. The maximum atomic E-state index is 12.3. The van der Waals surface area contributed by atoms with Crippen LogP contribution in [0.4, 0.5) is 5.69 Å². The minimum atomic E-state index is -1.03. The first kappa shape index (κ1) is 19.6. The number of hydrogen-bond donors (Lipinski definition) is 1. The van der Waals surface area contributed by atoms with Gasteiger partial charge >= 0.3 is 5.97 Å². The molecular formula is C18H16Cl3NO3. The summed E-state index contributed by atoms with van der Waals surface area (Å²) in [7, 11) is 0. The second-order valence-corrected chi connectivity index (χ2v) is 6.85. The van der Waals surface area contributed by atoms with E-state index in [1.165, 1.54) is 19.1 Å². The van der Waals surface area contributed by atoms with Crippen molar-refractivity contribution >= 4 is 52.4 Å². The van der Waals surface area contributed by atoms with Gasteiger partial charge in [0.05, 0.1) is 21.3 Å². The Balaban J connectivity index is 2.09. The van der Waals surface area contributed by atoms with Crippen molar-refractivity contribution in [3.63, 3.8) is 0 Å². The van der Waals surface area contributed by atoms with Crippen LogP contribution in [0.3, 0.4) is 0 Å². The van der Waals surface area contributed by atoms with Crippen molar-refractivity contribution in [2.24, 2.45) is 0 Å². The second kappa shape index (κ2) is 8.09. The molecule has 132 valence electrons. The van der Waals surface area contributed by atoms with Crippen molar-refractivity contribution in [1.29, 1.82) is 0 Å². The number of esters is 1. The number of carbonyl (C=O) groups is 2. The van der Waals surface area contributed by atoms with Crippen molar-refractivity contribution in [3.8, 4) is 0 Å². The zero-order valence-electron chi connectivity index (χ0n) is 13.8. The van der Waals surface area contributed by atoms with Crippen molar-refractivity contribution < 1.29 is 14.3 Å². The van der Waals surface area contributed by atoms with Crippen LogP contribution in [0.25, 0.3) is 0 Å². The van der Waals surface area contributed by atoms with E-state index >= 15 is 0 Å². The van der Waals surface area contributed by atoms with Gasteiger partial charge in [-0.2, -0.15) is 0 Å². The number of nitrogens with one attached hydrogen (secondary N) is 1. The van der Waals surface area contributed by atoms with E-state index < -0.39 is 18.0 Å². The lowest BCUT2D eigenvalue weighted by Gasteiger charge is -2.16. The molecule has 0 bridgehead atoms. The van der Waals surface area contributed by atoms with E-state index in [1.807, 2.05) is 26.0 Å². The first-order valence-corrected chi connectivity index (χ1v) is 8.56. The van der Waals surface area contributed by atoms with Crippen LogP contribution < -0.4 is 5.32 Å². The normalized spacial score (nSPS) is 11.8. The lowest BCUT2D eigenvalue weighted by molar-refractivity contribution is -0.123. The van der Waals surface area contributed by atoms with Crippen LogP contribution >= 0.6 is 34.8 Å². The molecule has 1 amide bonds. The Morgan fingerprint density at radius 3 is 2.20 bits per heavy atom. The quantitative estimate of drug-likeness (QED) is 0.694. The molecule has 0 fully saturated rings. The van der Waals surface area contributed by atoms with Crippen LogP contribution in [0.5, 0.6) is 0 Å². The Labute approximate surface area is 161 Å². The van der Waals surface area contributed by atoms with Crippen molar-refractivity contribution in [3.05, 3.63) is 62.1 Å². The SMILES string of the molecule is Cc1ccc(C(=O)O[C@@H](C)C(=O)Nc2c(Cl)cc(Cl)cc2Cl)c(C)c1. The standard InChI is InChI=1S/C18H16Cl3NO3/c1-9-4-5-13(10(2)6-9)18(24)25-11(3)17(23)22-16-14(20)7-12(19)8-15(16)21/h4-8,11H,1-3H3,(H,22,23)/t11-/m0/s1. The Morgan fingerprint density at radius 2 is 1.64 bits per heavy atom. The van der Waals surface area contributed by atoms with E-state index in [-0.39, 0.29) is 15.7 Å². The van der Waals surface area contributed by atoms with Gasteiger partial charge < -0.3 is 10.1 Å². The van der Waals surface area contributed by atoms with Gasteiger partial charge in [0.15, 0.2) is 6.10 Å². The van der Waals surface area contributed by atoms with E-state index in [9.17, 15) is 9.59 Å². The third kappa shape index (κ3) is 4.88. The number of halogens is 3. The van der Waals surface area contributed by atoms with E-state index in [0.29, 0.717) is 10.6 Å². The Bertz CT molecular complexity index is 813. The summed E-state index contributed by atoms with van der Waals surface area (Å²) in [4.78, 5) is 24.5. The molecule has 0 heterocycles. The van der Waals surface area contributed by atoms with E-state index in [4.69, 9.17) is 39.5 Å². The van der Waals surface area contributed by atoms with Crippen LogP contribution in [-0.4, -0.2) is 18.0 Å². The summed E-state index contributed by atoms with van der Waals surface area (Å²) >= 11 is 17.9. The van der Waals surface area contributed by atoms with Crippen molar-refractivity contribution in [1.82, 2.24) is 0 Å². The number of amides is 1. The molecule has 1 atom stereocenters. The summed E-state index contributed by atoms with van der Waals surface area (Å²) in [5.74, 6) is -1.13. The highest BCUT2D eigenvalue weighted by atomic mass is 35.5. The average Bonchev–Trinajstić information content (AvgIpc) is 2.50. The molecule has 0 aliphatic carbocycles. The summed E-state index contributed by atoms with van der Waals surface area (Å²) < 4.78 is 5.23. The maximum absolute atomic E-state index is 12.3. The van der Waals surface area contributed by atoms with Crippen LogP contribution in [0.2, 0.25) is 15.1 Å². The van der Waals surface area contributed by atoms with Gasteiger partial charge in [-0.1, -0.05) is 52.5 Å². The van der Waals surface area contributed by atoms with Crippen molar-refractivity contribution in [2.45, 2.75) is 26.9 Å². The molecule has 0 aliphatic heterocycles. The van der Waals surface area contributed by atoms with E-state index in [2.05, 4.69) is 5.32 Å². The summed E-state index contributed by atoms with van der Waals surface area (Å²) in [6.07, 6.45) is -1.03. The maximum Gasteiger partial charge on any atom is 0.339 e. The molecule has 0 unspecified atom stereocenters. The van der Waals surface area contributed by atoms with Crippen molar-refractivity contribution in [2.75, 3.05) is 5.32 Å². The van der Waals surface area contributed by atoms with Gasteiger partial charge in [-0.05, 0) is 44.5 Å². The Morgan fingerprint density at radius 1 is 1.04 bits per heavy atom. The molecule has 2 aromatic rings. The third-order valence-electron chi connectivity index (χ3n) is 3.51.